The van der Waals surface area contributed by atoms with Crippen LogP contribution in [0.4, 0.5) is 15.8 Å². The van der Waals surface area contributed by atoms with Crippen molar-refractivity contribution in [1.82, 2.24) is 4.72 Å². The third-order valence-electron chi connectivity index (χ3n) is 4.93. The van der Waals surface area contributed by atoms with Crippen molar-refractivity contribution in [3.8, 4) is 0 Å². The molecule has 28 heavy (non-hydrogen) atoms. The predicted octanol–water partition coefficient (Wildman–Crippen LogP) is 0.547. The summed E-state index contributed by atoms with van der Waals surface area (Å²) in [6.45, 7) is 3.07. The quantitative estimate of drug-likeness (QED) is 0.536. The molecule has 2 aromatic carbocycles. The van der Waals surface area contributed by atoms with Crippen LogP contribution in [0.25, 0.3) is 0 Å². The number of nitro benzene ring substituents is 1. The fourth-order valence-electron chi connectivity index (χ4n) is 3.35. The Morgan fingerprint density at radius 1 is 1.21 bits per heavy atom. The molecule has 0 spiro atoms. The Balaban J connectivity index is 1.75. The van der Waals surface area contributed by atoms with Crippen LogP contribution >= 0.6 is 0 Å². The van der Waals surface area contributed by atoms with Crippen LogP contribution in [-0.4, -0.2) is 46.6 Å². The number of halogens is 1. The Bertz CT molecular complexity index is 975. The summed E-state index contributed by atoms with van der Waals surface area (Å²) in [5.74, 6) is -0.227. The average Bonchev–Trinajstić information content (AvgIpc) is 2.70. The maximum absolute atomic E-state index is 13.8. The largest absolute Gasteiger partial charge is 0.355 e. The van der Waals surface area contributed by atoms with Gasteiger partial charge in [-0.05, 0) is 25.2 Å². The summed E-state index contributed by atoms with van der Waals surface area (Å²) in [6, 6.07) is 10.6. The molecule has 0 radical (unpaired) electrons. The zero-order chi connectivity index (χ0) is 20.3. The summed E-state index contributed by atoms with van der Waals surface area (Å²) in [6.07, 6.45) is 0. The molecule has 0 aromatic heterocycles. The second-order valence-corrected chi connectivity index (χ2v) is 8.51. The van der Waals surface area contributed by atoms with Crippen LogP contribution in [0.1, 0.15) is 5.56 Å². The number of anilines is 1. The first-order valence-electron chi connectivity index (χ1n) is 8.85. The fourth-order valence-corrected chi connectivity index (χ4v) is 4.10. The van der Waals surface area contributed by atoms with E-state index in [1.165, 1.54) is 30.1 Å². The van der Waals surface area contributed by atoms with Gasteiger partial charge in [0, 0.05) is 11.6 Å². The van der Waals surface area contributed by atoms with Gasteiger partial charge in [-0.1, -0.05) is 18.2 Å². The molecule has 1 saturated heterocycles. The van der Waals surface area contributed by atoms with Gasteiger partial charge in [0.2, 0.25) is 10.0 Å². The maximum Gasteiger partial charge on any atom is 0.293 e. The number of nitrogens with zero attached hydrogens (tertiary/aromatic N) is 2. The summed E-state index contributed by atoms with van der Waals surface area (Å²) >= 11 is 0. The van der Waals surface area contributed by atoms with Crippen LogP contribution in [-0.2, 0) is 16.6 Å². The van der Waals surface area contributed by atoms with E-state index in [9.17, 15) is 22.9 Å². The van der Waals surface area contributed by atoms with E-state index in [-0.39, 0.29) is 16.4 Å². The van der Waals surface area contributed by atoms with E-state index in [0.29, 0.717) is 44.0 Å². The summed E-state index contributed by atoms with van der Waals surface area (Å²) in [7, 11) is -2.51. The minimum atomic E-state index is -3.76. The zero-order valence-electron chi connectivity index (χ0n) is 15.4. The summed E-state index contributed by atoms with van der Waals surface area (Å²) in [5, 5.41) is 11.5. The third kappa shape index (κ3) is 4.29. The number of benzene rings is 2. The SMILES string of the molecule is CNS(=O)(=O)c1ccc(N2CC[NH+](Cc3ccccc3F)CC2)c([N+](=O)[O-])c1. The van der Waals surface area contributed by atoms with Crippen molar-refractivity contribution in [1.29, 1.82) is 0 Å². The Labute approximate surface area is 162 Å². The highest BCUT2D eigenvalue weighted by atomic mass is 32.2. The minimum Gasteiger partial charge on any atom is -0.355 e. The van der Waals surface area contributed by atoms with Gasteiger partial charge in [-0.3, -0.25) is 10.1 Å². The highest BCUT2D eigenvalue weighted by molar-refractivity contribution is 7.89. The van der Waals surface area contributed by atoms with E-state index in [1.54, 1.807) is 18.2 Å². The minimum absolute atomic E-state index is 0.144. The second kappa shape index (κ2) is 8.21. The summed E-state index contributed by atoms with van der Waals surface area (Å²) in [5.41, 5.74) is 0.803. The number of sulfonamides is 1. The molecular formula is C18H22FN4O4S+. The van der Waals surface area contributed by atoms with Crippen molar-refractivity contribution in [3.05, 3.63) is 64.0 Å². The number of piperazine rings is 1. The van der Waals surface area contributed by atoms with E-state index < -0.39 is 14.9 Å². The molecule has 3 rings (SSSR count). The number of nitro groups is 1. The average molecular weight is 409 g/mol. The zero-order valence-corrected chi connectivity index (χ0v) is 16.2. The van der Waals surface area contributed by atoms with Crippen molar-refractivity contribution in [2.75, 3.05) is 38.1 Å². The topological polar surface area (TPSA) is 97.0 Å². The van der Waals surface area contributed by atoms with Crippen molar-refractivity contribution in [3.63, 3.8) is 0 Å². The van der Waals surface area contributed by atoms with Gasteiger partial charge in [0.1, 0.15) is 18.0 Å². The molecule has 0 amide bonds. The van der Waals surface area contributed by atoms with Crippen molar-refractivity contribution >= 4 is 21.4 Å². The Morgan fingerprint density at radius 3 is 2.50 bits per heavy atom. The first kappa shape index (κ1) is 20.2. The molecule has 8 nitrogen and oxygen atoms in total. The molecule has 2 N–H and O–H groups in total. The number of rotatable bonds is 6. The Kier molecular flexibility index (Phi) is 5.92. The normalized spacial score (nSPS) is 15.6. The highest BCUT2D eigenvalue weighted by Gasteiger charge is 2.28. The lowest BCUT2D eigenvalue weighted by molar-refractivity contribution is -0.914. The molecule has 0 aliphatic carbocycles. The van der Waals surface area contributed by atoms with Crippen LogP contribution in [0.2, 0.25) is 0 Å². The highest BCUT2D eigenvalue weighted by Crippen LogP contribution is 2.30. The maximum atomic E-state index is 13.8. The van der Waals surface area contributed by atoms with Gasteiger partial charge in [-0.15, -0.1) is 0 Å². The van der Waals surface area contributed by atoms with Gasteiger partial charge in [-0.2, -0.15) is 0 Å². The van der Waals surface area contributed by atoms with Gasteiger partial charge >= 0.3 is 0 Å². The van der Waals surface area contributed by atoms with Crippen LogP contribution in [0.15, 0.2) is 47.4 Å². The smallest absolute Gasteiger partial charge is 0.293 e. The van der Waals surface area contributed by atoms with Gasteiger partial charge < -0.3 is 9.80 Å². The van der Waals surface area contributed by atoms with Crippen LogP contribution in [0.3, 0.4) is 0 Å². The van der Waals surface area contributed by atoms with Crippen LogP contribution < -0.4 is 14.5 Å². The first-order chi connectivity index (χ1) is 13.3. The standard InChI is InChI=1S/C18H21FN4O4S/c1-20-28(26,27)15-6-7-17(18(12-15)23(24)25)22-10-8-21(9-11-22)13-14-4-2-3-5-16(14)19/h2-7,12,20H,8-11,13H2,1H3/p+1. The van der Waals surface area contributed by atoms with Gasteiger partial charge in [0.15, 0.2) is 0 Å². The summed E-state index contributed by atoms with van der Waals surface area (Å²) in [4.78, 5) is 13.8. The fraction of sp³-hybridized carbons (Fsp3) is 0.333. The van der Waals surface area contributed by atoms with Gasteiger partial charge in [0.25, 0.3) is 5.69 Å². The lowest BCUT2D eigenvalue weighted by Gasteiger charge is -2.33. The first-order valence-corrected chi connectivity index (χ1v) is 10.3. The third-order valence-corrected chi connectivity index (χ3v) is 6.34. The van der Waals surface area contributed by atoms with Gasteiger partial charge in [0.05, 0.1) is 36.0 Å². The lowest BCUT2D eigenvalue weighted by Crippen LogP contribution is -3.13. The molecular weight excluding hydrogens is 387 g/mol. The van der Waals surface area contributed by atoms with E-state index in [1.807, 2.05) is 4.90 Å². The molecule has 150 valence electrons. The summed E-state index contributed by atoms with van der Waals surface area (Å²) < 4.78 is 39.8. The predicted molar refractivity (Wildman–Crippen MR) is 102 cm³/mol. The molecule has 1 heterocycles. The molecule has 0 atom stereocenters. The lowest BCUT2D eigenvalue weighted by atomic mass is 10.1. The number of hydrogen-bond acceptors (Lipinski definition) is 5. The molecule has 0 unspecified atom stereocenters. The van der Waals surface area contributed by atoms with E-state index in [2.05, 4.69) is 4.72 Å². The molecule has 1 aliphatic rings. The Morgan fingerprint density at radius 2 is 1.89 bits per heavy atom. The second-order valence-electron chi connectivity index (χ2n) is 6.62. The van der Waals surface area contributed by atoms with Crippen LogP contribution in [0, 0.1) is 15.9 Å². The Hall–Kier alpha value is -2.56. The molecule has 10 heteroatoms. The van der Waals surface area contributed by atoms with E-state index in [0.717, 1.165) is 6.07 Å². The van der Waals surface area contributed by atoms with E-state index >= 15 is 0 Å². The molecule has 0 saturated carbocycles. The monoisotopic (exact) mass is 409 g/mol. The number of quaternary nitrogens is 1. The molecule has 0 bridgehead atoms. The van der Waals surface area contributed by atoms with Crippen molar-refractivity contribution < 1.29 is 22.6 Å². The molecule has 1 aliphatic heterocycles. The molecule has 1 fully saturated rings. The number of hydrogen-bond donors (Lipinski definition) is 2. The number of nitrogens with one attached hydrogen (secondary N) is 2. The van der Waals surface area contributed by atoms with Gasteiger partial charge in [-0.25, -0.2) is 17.5 Å². The van der Waals surface area contributed by atoms with Crippen molar-refractivity contribution in [2.45, 2.75) is 11.4 Å². The van der Waals surface area contributed by atoms with E-state index in [4.69, 9.17) is 0 Å². The van der Waals surface area contributed by atoms with Crippen LogP contribution in [0.5, 0.6) is 0 Å². The molecule has 2 aromatic rings. The van der Waals surface area contributed by atoms with Crippen molar-refractivity contribution in [2.24, 2.45) is 0 Å².